The van der Waals surface area contributed by atoms with E-state index in [9.17, 15) is 13.9 Å². The topological polar surface area (TPSA) is 38.0 Å². The SMILES string of the molecule is O[C@H](Cn1cnc2ccccc21)c1cc(F)ccc1F. The summed E-state index contributed by atoms with van der Waals surface area (Å²) in [5, 5.41) is 10.1. The Labute approximate surface area is 114 Å². The molecule has 1 aromatic heterocycles. The van der Waals surface area contributed by atoms with Gasteiger partial charge in [-0.15, -0.1) is 0 Å². The van der Waals surface area contributed by atoms with Crippen LogP contribution in [0.15, 0.2) is 48.8 Å². The van der Waals surface area contributed by atoms with Crippen LogP contribution in [0, 0.1) is 11.6 Å². The fourth-order valence-electron chi connectivity index (χ4n) is 2.21. The van der Waals surface area contributed by atoms with Crippen molar-refractivity contribution in [2.45, 2.75) is 12.6 Å². The van der Waals surface area contributed by atoms with E-state index in [0.717, 1.165) is 29.2 Å². The molecule has 0 aliphatic heterocycles. The minimum Gasteiger partial charge on any atom is -0.386 e. The van der Waals surface area contributed by atoms with E-state index in [1.165, 1.54) is 0 Å². The maximum Gasteiger partial charge on any atom is 0.129 e. The van der Waals surface area contributed by atoms with E-state index in [0.29, 0.717) is 0 Å². The first-order chi connectivity index (χ1) is 9.65. The molecule has 3 aromatic rings. The van der Waals surface area contributed by atoms with Crippen LogP contribution in [0.25, 0.3) is 11.0 Å². The molecular formula is C15H12F2N2O. The lowest BCUT2D eigenvalue weighted by Crippen LogP contribution is -2.10. The van der Waals surface area contributed by atoms with Crippen molar-refractivity contribution in [1.29, 1.82) is 0 Å². The molecule has 1 N–H and O–H groups in total. The van der Waals surface area contributed by atoms with Gasteiger partial charge in [-0.3, -0.25) is 0 Å². The molecule has 5 heteroatoms. The van der Waals surface area contributed by atoms with Crippen molar-refractivity contribution in [3.63, 3.8) is 0 Å². The average Bonchev–Trinajstić information content (AvgIpc) is 2.85. The standard InChI is InChI=1S/C15H12F2N2O/c16-10-5-6-12(17)11(7-10)15(20)8-19-9-18-13-3-1-2-4-14(13)19/h1-7,9,15,20H,8H2/t15-/m1/s1. The highest BCUT2D eigenvalue weighted by Crippen LogP contribution is 2.22. The molecule has 3 rings (SSSR count). The van der Waals surface area contributed by atoms with Crippen LogP contribution in [-0.4, -0.2) is 14.7 Å². The molecule has 0 saturated heterocycles. The molecular weight excluding hydrogens is 262 g/mol. The van der Waals surface area contributed by atoms with Crippen LogP contribution in [-0.2, 0) is 6.54 Å². The zero-order valence-corrected chi connectivity index (χ0v) is 10.5. The highest BCUT2D eigenvalue weighted by Gasteiger charge is 2.15. The third-order valence-corrected chi connectivity index (χ3v) is 3.21. The first-order valence-electron chi connectivity index (χ1n) is 6.18. The van der Waals surface area contributed by atoms with Crippen LogP contribution in [0.1, 0.15) is 11.7 Å². The van der Waals surface area contributed by atoms with Crippen molar-refractivity contribution in [1.82, 2.24) is 9.55 Å². The van der Waals surface area contributed by atoms with Gasteiger partial charge < -0.3 is 9.67 Å². The minimum absolute atomic E-state index is 0.0530. The second-order valence-corrected chi connectivity index (χ2v) is 4.57. The van der Waals surface area contributed by atoms with Gasteiger partial charge in [-0.05, 0) is 30.3 Å². The maximum atomic E-state index is 13.6. The largest absolute Gasteiger partial charge is 0.386 e. The first kappa shape index (κ1) is 12.7. The van der Waals surface area contributed by atoms with Gasteiger partial charge in [0.25, 0.3) is 0 Å². The van der Waals surface area contributed by atoms with Gasteiger partial charge in [0.1, 0.15) is 11.6 Å². The second kappa shape index (κ2) is 5.02. The van der Waals surface area contributed by atoms with Crippen molar-refractivity contribution >= 4 is 11.0 Å². The molecule has 20 heavy (non-hydrogen) atoms. The number of hydrogen-bond donors (Lipinski definition) is 1. The van der Waals surface area contributed by atoms with Crippen LogP contribution >= 0.6 is 0 Å². The van der Waals surface area contributed by atoms with Crippen LogP contribution in [0.4, 0.5) is 8.78 Å². The predicted octanol–water partition coefficient (Wildman–Crippen LogP) is 3.05. The quantitative estimate of drug-likeness (QED) is 0.797. The monoisotopic (exact) mass is 274 g/mol. The average molecular weight is 274 g/mol. The molecule has 0 aliphatic carbocycles. The number of benzene rings is 2. The number of imidazole rings is 1. The summed E-state index contributed by atoms with van der Waals surface area (Å²) in [5.74, 6) is -1.20. The number of aliphatic hydroxyl groups is 1. The molecule has 0 radical (unpaired) electrons. The molecule has 0 bridgehead atoms. The lowest BCUT2D eigenvalue weighted by molar-refractivity contribution is 0.153. The number of nitrogens with zero attached hydrogens (tertiary/aromatic N) is 2. The van der Waals surface area contributed by atoms with Gasteiger partial charge in [-0.25, -0.2) is 13.8 Å². The summed E-state index contributed by atoms with van der Waals surface area (Å²) in [6, 6.07) is 10.5. The maximum absolute atomic E-state index is 13.6. The Morgan fingerprint density at radius 1 is 1.15 bits per heavy atom. The molecule has 1 heterocycles. The number of rotatable bonds is 3. The van der Waals surface area contributed by atoms with Gasteiger partial charge in [0.15, 0.2) is 0 Å². The van der Waals surface area contributed by atoms with Gasteiger partial charge in [-0.1, -0.05) is 12.1 Å². The Balaban J connectivity index is 1.92. The summed E-state index contributed by atoms with van der Waals surface area (Å²) in [6.45, 7) is 0.112. The number of aliphatic hydroxyl groups excluding tert-OH is 1. The highest BCUT2D eigenvalue weighted by atomic mass is 19.1. The Hall–Kier alpha value is -2.27. The molecule has 3 nitrogen and oxygen atoms in total. The van der Waals surface area contributed by atoms with Gasteiger partial charge in [-0.2, -0.15) is 0 Å². The Kier molecular flexibility index (Phi) is 3.20. The summed E-state index contributed by atoms with van der Waals surface area (Å²) in [6.07, 6.45) is 0.439. The predicted molar refractivity (Wildman–Crippen MR) is 71.1 cm³/mol. The van der Waals surface area contributed by atoms with E-state index >= 15 is 0 Å². The summed E-state index contributed by atoms with van der Waals surface area (Å²) in [7, 11) is 0. The molecule has 0 saturated carbocycles. The molecule has 0 fully saturated rings. The van der Waals surface area contributed by atoms with Crippen molar-refractivity contribution in [2.75, 3.05) is 0 Å². The smallest absolute Gasteiger partial charge is 0.129 e. The normalized spacial score (nSPS) is 12.8. The van der Waals surface area contributed by atoms with Gasteiger partial charge in [0.2, 0.25) is 0 Å². The van der Waals surface area contributed by atoms with Crippen molar-refractivity contribution in [2.24, 2.45) is 0 Å². The molecule has 2 aromatic carbocycles. The lowest BCUT2D eigenvalue weighted by Gasteiger charge is -2.13. The number of hydrogen-bond acceptors (Lipinski definition) is 2. The first-order valence-corrected chi connectivity index (χ1v) is 6.18. The Morgan fingerprint density at radius 3 is 2.80 bits per heavy atom. The number of aromatic nitrogens is 2. The highest BCUT2D eigenvalue weighted by molar-refractivity contribution is 5.74. The fourth-order valence-corrected chi connectivity index (χ4v) is 2.21. The molecule has 0 spiro atoms. The van der Waals surface area contributed by atoms with Crippen molar-refractivity contribution in [3.8, 4) is 0 Å². The second-order valence-electron chi connectivity index (χ2n) is 4.57. The van der Waals surface area contributed by atoms with Crippen LogP contribution in [0.5, 0.6) is 0 Å². The van der Waals surface area contributed by atoms with E-state index in [-0.39, 0.29) is 12.1 Å². The van der Waals surface area contributed by atoms with Crippen LogP contribution < -0.4 is 0 Å². The van der Waals surface area contributed by atoms with Crippen molar-refractivity contribution < 1.29 is 13.9 Å². The third-order valence-electron chi connectivity index (χ3n) is 3.21. The number of fused-ring (bicyclic) bond motifs is 1. The number of para-hydroxylation sites is 2. The van der Waals surface area contributed by atoms with Gasteiger partial charge in [0, 0.05) is 5.56 Å². The third kappa shape index (κ3) is 2.28. The van der Waals surface area contributed by atoms with Gasteiger partial charge >= 0.3 is 0 Å². The number of halogens is 2. The Morgan fingerprint density at radius 2 is 1.95 bits per heavy atom. The molecule has 102 valence electrons. The molecule has 0 aliphatic rings. The van der Waals surface area contributed by atoms with Crippen LogP contribution in [0.3, 0.4) is 0 Å². The minimum atomic E-state index is -1.14. The molecule has 0 amide bonds. The fraction of sp³-hybridized carbons (Fsp3) is 0.133. The summed E-state index contributed by atoms with van der Waals surface area (Å²) in [4.78, 5) is 4.19. The zero-order chi connectivity index (χ0) is 14.1. The molecule has 1 atom stereocenters. The zero-order valence-electron chi connectivity index (χ0n) is 10.5. The molecule has 0 unspecified atom stereocenters. The van der Waals surface area contributed by atoms with E-state index in [2.05, 4.69) is 4.98 Å². The van der Waals surface area contributed by atoms with Crippen molar-refractivity contribution in [3.05, 3.63) is 66.0 Å². The van der Waals surface area contributed by atoms with Crippen LogP contribution in [0.2, 0.25) is 0 Å². The summed E-state index contributed by atoms with van der Waals surface area (Å²) in [5.41, 5.74) is 1.57. The lowest BCUT2D eigenvalue weighted by atomic mass is 10.1. The van der Waals surface area contributed by atoms with E-state index < -0.39 is 17.7 Å². The summed E-state index contributed by atoms with van der Waals surface area (Å²) >= 11 is 0. The van der Waals surface area contributed by atoms with E-state index in [1.807, 2.05) is 24.3 Å². The van der Waals surface area contributed by atoms with E-state index in [1.54, 1.807) is 10.9 Å². The van der Waals surface area contributed by atoms with Gasteiger partial charge in [0.05, 0.1) is 30.0 Å². The Bertz CT molecular complexity index is 754. The van der Waals surface area contributed by atoms with E-state index in [4.69, 9.17) is 0 Å². The summed E-state index contributed by atoms with van der Waals surface area (Å²) < 4.78 is 28.5.